The van der Waals surface area contributed by atoms with E-state index in [-0.39, 0.29) is 0 Å². The zero-order valence-electron chi connectivity index (χ0n) is 13.1. The van der Waals surface area contributed by atoms with Crippen LogP contribution in [0.3, 0.4) is 0 Å². The summed E-state index contributed by atoms with van der Waals surface area (Å²) in [5.74, 6) is 0.869. The van der Waals surface area contributed by atoms with E-state index >= 15 is 0 Å². The third-order valence-corrected chi connectivity index (χ3v) is 4.45. The molecular weight excluding hydrogens is 222 g/mol. The normalized spacial score (nSPS) is 24.7. The summed E-state index contributed by atoms with van der Waals surface area (Å²) in [6.45, 7) is 8.41. The molecule has 0 aromatic carbocycles. The summed E-state index contributed by atoms with van der Waals surface area (Å²) in [5, 5.41) is 3.52. The van der Waals surface area contributed by atoms with Crippen LogP contribution in [0.15, 0.2) is 0 Å². The Morgan fingerprint density at radius 2 is 2.11 bits per heavy atom. The molecule has 3 nitrogen and oxygen atoms in total. The van der Waals surface area contributed by atoms with Gasteiger partial charge in [-0.1, -0.05) is 20.3 Å². The van der Waals surface area contributed by atoms with Crippen LogP contribution in [0.1, 0.15) is 39.5 Å². The maximum Gasteiger partial charge on any atom is 0.0243 e. The van der Waals surface area contributed by atoms with Crippen molar-refractivity contribution < 1.29 is 0 Å². The first-order valence-electron chi connectivity index (χ1n) is 7.68. The molecule has 3 atom stereocenters. The van der Waals surface area contributed by atoms with Crippen molar-refractivity contribution in [2.24, 2.45) is 5.92 Å². The molecule has 1 saturated heterocycles. The third-order valence-electron chi connectivity index (χ3n) is 4.45. The number of likely N-dealkylation sites (tertiary alicyclic amines) is 1. The molecule has 1 heterocycles. The van der Waals surface area contributed by atoms with Crippen LogP contribution in [0.5, 0.6) is 0 Å². The lowest BCUT2D eigenvalue weighted by molar-refractivity contribution is 0.160. The summed E-state index contributed by atoms with van der Waals surface area (Å²) in [4.78, 5) is 5.06. The predicted molar refractivity (Wildman–Crippen MR) is 80.1 cm³/mol. The van der Waals surface area contributed by atoms with E-state index in [9.17, 15) is 0 Å². The molecule has 0 amide bonds. The van der Waals surface area contributed by atoms with Crippen molar-refractivity contribution in [2.45, 2.75) is 51.6 Å². The van der Waals surface area contributed by atoms with Crippen molar-refractivity contribution in [3.63, 3.8) is 0 Å². The molecule has 0 aliphatic carbocycles. The maximum atomic E-state index is 3.52. The molecule has 1 N–H and O–H groups in total. The molecule has 1 fully saturated rings. The van der Waals surface area contributed by atoms with Crippen LogP contribution in [0, 0.1) is 5.92 Å². The van der Waals surface area contributed by atoms with Crippen LogP contribution in [-0.4, -0.2) is 62.7 Å². The lowest BCUT2D eigenvalue weighted by atomic mass is 9.98. The smallest absolute Gasteiger partial charge is 0.0243 e. The van der Waals surface area contributed by atoms with E-state index in [0.717, 1.165) is 5.92 Å². The molecule has 0 aromatic heterocycles. The first kappa shape index (κ1) is 15.9. The minimum atomic E-state index is 0.643. The highest BCUT2D eigenvalue weighted by Gasteiger charge is 2.26. The molecule has 0 bridgehead atoms. The number of likely N-dealkylation sites (N-methyl/N-ethyl adjacent to an activating group) is 2. The highest BCUT2D eigenvalue weighted by molar-refractivity contribution is 4.84. The minimum absolute atomic E-state index is 0.643. The van der Waals surface area contributed by atoms with E-state index in [0.29, 0.717) is 12.1 Å². The van der Waals surface area contributed by atoms with Gasteiger partial charge in [0.25, 0.3) is 0 Å². The average molecular weight is 255 g/mol. The SMILES string of the molecule is CCCC(NC)C(CC)N(C)CC1CCN(C)C1. The fraction of sp³-hybridized carbons (Fsp3) is 1.00. The average Bonchev–Trinajstić information content (AvgIpc) is 2.74. The number of nitrogens with zero attached hydrogens (tertiary/aromatic N) is 2. The molecule has 0 saturated carbocycles. The first-order chi connectivity index (χ1) is 8.62. The summed E-state index contributed by atoms with van der Waals surface area (Å²) in [6.07, 6.45) is 5.16. The standard InChI is InChI=1S/C15H33N3/c1-6-8-14(16-3)15(7-2)18(5)12-13-9-10-17(4)11-13/h13-16H,6-12H2,1-5H3. The lowest BCUT2D eigenvalue weighted by Gasteiger charge is -2.35. The second-order valence-corrected chi connectivity index (χ2v) is 6.02. The zero-order valence-corrected chi connectivity index (χ0v) is 13.1. The Morgan fingerprint density at radius 3 is 2.56 bits per heavy atom. The van der Waals surface area contributed by atoms with E-state index in [2.05, 4.69) is 50.1 Å². The molecule has 0 spiro atoms. The molecule has 0 radical (unpaired) electrons. The van der Waals surface area contributed by atoms with Crippen molar-refractivity contribution in [1.82, 2.24) is 15.1 Å². The number of nitrogens with one attached hydrogen (secondary N) is 1. The van der Waals surface area contributed by atoms with Crippen molar-refractivity contribution in [1.29, 1.82) is 0 Å². The first-order valence-corrected chi connectivity index (χ1v) is 7.68. The number of hydrogen-bond donors (Lipinski definition) is 1. The molecule has 1 aliphatic heterocycles. The van der Waals surface area contributed by atoms with Gasteiger partial charge >= 0.3 is 0 Å². The van der Waals surface area contributed by atoms with Crippen molar-refractivity contribution in [3.05, 3.63) is 0 Å². The minimum Gasteiger partial charge on any atom is -0.315 e. The molecule has 3 heteroatoms. The summed E-state index contributed by atoms with van der Waals surface area (Å²) >= 11 is 0. The van der Waals surface area contributed by atoms with Gasteiger partial charge in [-0.2, -0.15) is 0 Å². The van der Waals surface area contributed by atoms with Crippen molar-refractivity contribution in [3.8, 4) is 0 Å². The van der Waals surface area contributed by atoms with Gasteiger partial charge in [0.2, 0.25) is 0 Å². The maximum absolute atomic E-state index is 3.52. The van der Waals surface area contributed by atoms with Crippen molar-refractivity contribution in [2.75, 3.05) is 40.8 Å². The Morgan fingerprint density at radius 1 is 1.39 bits per heavy atom. The van der Waals surface area contributed by atoms with E-state index in [1.54, 1.807) is 0 Å². The van der Waals surface area contributed by atoms with Gasteiger partial charge in [0.15, 0.2) is 0 Å². The Hall–Kier alpha value is -0.120. The number of rotatable bonds is 8. The van der Waals surface area contributed by atoms with Gasteiger partial charge in [0.05, 0.1) is 0 Å². The van der Waals surface area contributed by atoms with E-state index < -0.39 is 0 Å². The summed E-state index contributed by atoms with van der Waals surface area (Å²) < 4.78 is 0. The van der Waals surface area contributed by atoms with Crippen LogP contribution < -0.4 is 5.32 Å². The van der Waals surface area contributed by atoms with E-state index in [1.165, 1.54) is 45.3 Å². The number of hydrogen-bond acceptors (Lipinski definition) is 3. The Bertz CT molecular complexity index is 220. The molecule has 1 aliphatic rings. The lowest BCUT2D eigenvalue weighted by Crippen LogP contribution is -2.48. The third kappa shape index (κ3) is 4.52. The molecule has 108 valence electrons. The fourth-order valence-electron chi connectivity index (χ4n) is 3.46. The van der Waals surface area contributed by atoms with Gasteiger partial charge in [0, 0.05) is 25.2 Å². The van der Waals surface area contributed by atoms with Gasteiger partial charge in [-0.3, -0.25) is 0 Å². The largest absolute Gasteiger partial charge is 0.315 e. The van der Waals surface area contributed by atoms with Crippen LogP contribution in [0.4, 0.5) is 0 Å². The molecule has 0 aromatic rings. The quantitative estimate of drug-likeness (QED) is 0.716. The Labute approximate surface area is 114 Å². The van der Waals surface area contributed by atoms with Gasteiger partial charge in [-0.25, -0.2) is 0 Å². The van der Waals surface area contributed by atoms with Crippen LogP contribution >= 0.6 is 0 Å². The topological polar surface area (TPSA) is 18.5 Å². The van der Waals surface area contributed by atoms with E-state index in [4.69, 9.17) is 0 Å². The van der Waals surface area contributed by atoms with Crippen molar-refractivity contribution >= 4 is 0 Å². The Kier molecular flexibility index (Phi) is 7.20. The van der Waals surface area contributed by atoms with Crippen LogP contribution in [0.2, 0.25) is 0 Å². The zero-order chi connectivity index (χ0) is 13.5. The molecule has 1 rings (SSSR count). The monoisotopic (exact) mass is 255 g/mol. The van der Waals surface area contributed by atoms with E-state index in [1.807, 2.05) is 0 Å². The Balaban J connectivity index is 2.47. The summed E-state index contributed by atoms with van der Waals surface area (Å²) in [7, 11) is 6.66. The molecule has 3 unspecified atom stereocenters. The molecule has 18 heavy (non-hydrogen) atoms. The summed E-state index contributed by atoms with van der Waals surface area (Å²) in [5.41, 5.74) is 0. The molecular formula is C15H33N3. The highest BCUT2D eigenvalue weighted by Crippen LogP contribution is 2.19. The second-order valence-electron chi connectivity index (χ2n) is 6.02. The second kappa shape index (κ2) is 8.13. The van der Waals surface area contributed by atoms with Crippen LogP contribution in [0.25, 0.3) is 0 Å². The predicted octanol–water partition coefficient (Wildman–Crippen LogP) is 2.04. The van der Waals surface area contributed by atoms with Gasteiger partial charge in [-0.15, -0.1) is 0 Å². The highest BCUT2D eigenvalue weighted by atomic mass is 15.2. The van der Waals surface area contributed by atoms with Gasteiger partial charge < -0.3 is 15.1 Å². The fourth-order valence-corrected chi connectivity index (χ4v) is 3.46. The van der Waals surface area contributed by atoms with Gasteiger partial charge in [0.1, 0.15) is 0 Å². The van der Waals surface area contributed by atoms with Crippen LogP contribution in [-0.2, 0) is 0 Å². The van der Waals surface area contributed by atoms with Gasteiger partial charge in [-0.05, 0) is 52.9 Å². The summed E-state index contributed by atoms with van der Waals surface area (Å²) in [6, 6.07) is 1.32.